The molecule has 4 saturated heterocycles. The van der Waals surface area contributed by atoms with Crippen molar-refractivity contribution in [3.05, 3.63) is 48.7 Å². The molecule has 1 aromatic carbocycles. The maximum absolute atomic E-state index is 14.2. The first-order chi connectivity index (χ1) is 18.7. The molecule has 4 aliphatic rings. The number of rotatable bonds is 8. The van der Waals surface area contributed by atoms with Gasteiger partial charge in [-0.25, -0.2) is 4.79 Å². The molecule has 1 aromatic heterocycles. The van der Waals surface area contributed by atoms with Gasteiger partial charge in [-0.2, -0.15) is 0 Å². The Balaban J connectivity index is 1.57. The number of fused-ring (bicyclic) bond motifs is 4. The molecule has 0 unspecified atom stereocenters. The number of methoxy groups -OCH3 is 2. The number of piperidine rings is 3. The van der Waals surface area contributed by atoms with E-state index in [0.29, 0.717) is 24.0 Å². The van der Waals surface area contributed by atoms with Crippen molar-refractivity contribution in [3.63, 3.8) is 0 Å². The molecule has 5 heterocycles. The van der Waals surface area contributed by atoms with Crippen molar-refractivity contribution >= 4 is 22.8 Å². The van der Waals surface area contributed by atoms with Crippen LogP contribution in [0.1, 0.15) is 64.0 Å². The average molecular weight is 537 g/mol. The van der Waals surface area contributed by atoms with Crippen LogP contribution in [-0.2, 0) is 23.8 Å². The summed E-state index contributed by atoms with van der Waals surface area (Å²) in [5.41, 5.74) is -0.292. The van der Waals surface area contributed by atoms with Crippen LogP contribution in [0.15, 0.2) is 43.1 Å². The summed E-state index contributed by atoms with van der Waals surface area (Å²) in [6, 6.07) is 7.67. The molecule has 0 saturated carbocycles. The number of ether oxygens (including phenoxy) is 4. The van der Waals surface area contributed by atoms with E-state index < -0.39 is 29.2 Å². The SMILES string of the molecule is C=C[C@H]1C[N@]2CC[C@H]1C[C@H]2[C@H](OC(=O)[C@]1(CC(=O)OC)CCCC(C)(C)O1)c1ccnc2ccc(OC)cc12. The summed E-state index contributed by atoms with van der Waals surface area (Å²) in [7, 11) is 2.96. The summed E-state index contributed by atoms with van der Waals surface area (Å²) < 4.78 is 23.5. The van der Waals surface area contributed by atoms with Gasteiger partial charge in [-0.05, 0) is 88.6 Å². The summed E-state index contributed by atoms with van der Waals surface area (Å²) in [5, 5.41) is 0.879. The molecule has 0 aliphatic carbocycles. The Hall–Kier alpha value is -2.97. The quantitative estimate of drug-likeness (QED) is 0.344. The third-order valence-electron chi connectivity index (χ3n) is 8.89. The van der Waals surface area contributed by atoms with Gasteiger partial charge in [0.2, 0.25) is 0 Å². The van der Waals surface area contributed by atoms with Gasteiger partial charge in [0.1, 0.15) is 11.9 Å². The molecule has 6 atom stereocenters. The van der Waals surface area contributed by atoms with Gasteiger partial charge in [0.25, 0.3) is 0 Å². The summed E-state index contributed by atoms with van der Waals surface area (Å²) in [4.78, 5) is 33.8. The van der Waals surface area contributed by atoms with E-state index in [1.807, 2.05) is 38.1 Å². The standard InChI is InChI=1S/C31H40N2O6/c1-6-20-19-33-15-11-21(20)16-26(33)28(23-10-14-32-25-9-8-22(36-4)17-24(23)25)38-29(35)31(18-27(34)37-5)13-7-12-30(2,3)39-31/h6,8-10,14,17,20-21,26,28H,1,7,11-13,15-16,18-19H2,2-5H3/t20-,21-,26-,28+,31+/m0/s1. The monoisotopic (exact) mass is 536 g/mol. The van der Waals surface area contributed by atoms with Gasteiger partial charge in [-0.1, -0.05) is 6.08 Å². The van der Waals surface area contributed by atoms with Crippen LogP contribution < -0.4 is 4.74 Å². The molecule has 210 valence electrons. The van der Waals surface area contributed by atoms with Crippen LogP contribution in [-0.4, -0.2) is 66.4 Å². The van der Waals surface area contributed by atoms with Gasteiger partial charge in [0, 0.05) is 23.7 Å². The molecule has 6 rings (SSSR count). The molecule has 0 amide bonds. The minimum atomic E-state index is -1.40. The van der Waals surface area contributed by atoms with E-state index in [9.17, 15) is 9.59 Å². The molecule has 2 aromatic rings. The average Bonchev–Trinajstić information content (AvgIpc) is 2.94. The maximum Gasteiger partial charge on any atom is 0.339 e. The van der Waals surface area contributed by atoms with E-state index in [2.05, 4.69) is 22.5 Å². The van der Waals surface area contributed by atoms with Crippen molar-refractivity contribution in [1.29, 1.82) is 0 Å². The largest absolute Gasteiger partial charge is 0.497 e. The van der Waals surface area contributed by atoms with Gasteiger partial charge in [0.05, 0.1) is 37.8 Å². The Kier molecular flexibility index (Phi) is 7.71. The normalized spacial score (nSPS) is 30.4. The molecule has 0 N–H and O–H groups in total. The highest BCUT2D eigenvalue weighted by atomic mass is 16.6. The number of hydrogen-bond donors (Lipinski definition) is 0. The number of hydrogen-bond acceptors (Lipinski definition) is 8. The van der Waals surface area contributed by atoms with Crippen molar-refractivity contribution in [2.45, 2.75) is 75.7 Å². The molecule has 4 fully saturated rings. The lowest BCUT2D eigenvalue weighted by Crippen LogP contribution is -2.57. The molecule has 0 radical (unpaired) electrons. The third-order valence-corrected chi connectivity index (χ3v) is 8.89. The minimum Gasteiger partial charge on any atom is -0.497 e. The first kappa shape index (κ1) is 27.6. The number of carbonyl (C=O) groups is 2. The Morgan fingerprint density at radius 2 is 2.08 bits per heavy atom. The number of nitrogens with zero attached hydrogens (tertiary/aromatic N) is 2. The Morgan fingerprint density at radius 3 is 2.74 bits per heavy atom. The second-order valence-electron chi connectivity index (χ2n) is 11.8. The Labute approximate surface area is 230 Å². The highest BCUT2D eigenvalue weighted by Gasteiger charge is 2.52. The van der Waals surface area contributed by atoms with Gasteiger partial charge in [-0.3, -0.25) is 14.7 Å². The van der Waals surface area contributed by atoms with Gasteiger partial charge in [-0.15, -0.1) is 6.58 Å². The Bertz CT molecular complexity index is 1240. The van der Waals surface area contributed by atoms with E-state index in [0.717, 1.165) is 55.2 Å². The summed E-state index contributed by atoms with van der Waals surface area (Å²) in [6.07, 6.45) is 6.99. The van der Waals surface area contributed by atoms with Crippen LogP contribution >= 0.6 is 0 Å². The fourth-order valence-electron chi connectivity index (χ4n) is 6.86. The maximum atomic E-state index is 14.2. The van der Waals surface area contributed by atoms with Crippen LogP contribution in [0.2, 0.25) is 0 Å². The summed E-state index contributed by atoms with van der Waals surface area (Å²) in [6.45, 7) is 9.79. The van der Waals surface area contributed by atoms with E-state index in [1.165, 1.54) is 7.11 Å². The first-order valence-corrected chi connectivity index (χ1v) is 14.0. The molecule has 8 heteroatoms. The molecular weight excluding hydrogens is 496 g/mol. The molecule has 2 bridgehead atoms. The van der Waals surface area contributed by atoms with Crippen LogP contribution in [0.5, 0.6) is 5.75 Å². The topological polar surface area (TPSA) is 87.2 Å². The zero-order chi connectivity index (χ0) is 27.8. The van der Waals surface area contributed by atoms with Gasteiger partial charge >= 0.3 is 11.9 Å². The summed E-state index contributed by atoms with van der Waals surface area (Å²) in [5.74, 6) is 0.610. The van der Waals surface area contributed by atoms with Crippen LogP contribution in [0.25, 0.3) is 10.9 Å². The second-order valence-corrected chi connectivity index (χ2v) is 11.8. The fourth-order valence-corrected chi connectivity index (χ4v) is 6.86. The van der Waals surface area contributed by atoms with Crippen molar-refractivity contribution in [1.82, 2.24) is 9.88 Å². The van der Waals surface area contributed by atoms with E-state index in [4.69, 9.17) is 18.9 Å². The number of esters is 2. The van der Waals surface area contributed by atoms with Crippen molar-refractivity contribution in [3.8, 4) is 5.75 Å². The van der Waals surface area contributed by atoms with E-state index >= 15 is 0 Å². The van der Waals surface area contributed by atoms with Crippen LogP contribution in [0.4, 0.5) is 0 Å². The van der Waals surface area contributed by atoms with Crippen molar-refractivity contribution in [2.24, 2.45) is 11.8 Å². The zero-order valence-electron chi connectivity index (χ0n) is 23.5. The number of aromatic nitrogens is 1. The highest BCUT2D eigenvalue weighted by molar-refractivity contribution is 5.87. The Morgan fingerprint density at radius 1 is 1.26 bits per heavy atom. The number of benzene rings is 1. The molecule has 39 heavy (non-hydrogen) atoms. The predicted molar refractivity (Wildman–Crippen MR) is 147 cm³/mol. The zero-order valence-corrected chi connectivity index (χ0v) is 23.5. The summed E-state index contributed by atoms with van der Waals surface area (Å²) >= 11 is 0. The third kappa shape index (κ3) is 5.41. The molecule has 8 nitrogen and oxygen atoms in total. The van der Waals surface area contributed by atoms with Gasteiger partial charge < -0.3 is 18.9 Å². The second kappa shape index (κ2) is 10.9. The van der Waals surface area contributed by atoms with Crippen molar-refractivity contribution < 1.29 is 28.5 Å². The first-order valence-electron chi connectivity index (χ1n) is 14.0. The lowest BCUT2D eigenvalue weighted by atomic mass is 9.73. The lowest BCUT2D eigenvalue weighted by Gasteiger charge is -2.51. The highest BCUT2D eigenvalue weighted by Crippen LogP contribution is 2.46. The predicted octanol–water partition coefficient (Wildman–Crippen LogP) is 5.01. The van der Waals surface area contributed by atoms with Gasteiger partial charge in [0.15, 0.2) is 5.60 Å². The molecule has 0 spiro atoms. The van der Waals surface area contributed by atoms with E-state index in [-0.39, 0.29) is 12.5 Å². The van der Waals surface area contributed by atoms with Crippen LogP contribution in [0.3, 0.4) is 0 Å². The smallest absolute Gasteiger partial charge is 0.339 e. The molecule has 4 aliphatic heterocycles. The number of carbonyl (C=O) groups excluding carboxylic acids is 2. The fraction of sp³-hybridized carbons (Fsp3) is 0.581. The molecular formula is C31H40N2O6. The van der Waals surface area contributed by atoms with Crippen molar-refractivity contribution in [2.75, 3.05) is 27.3 Å². The number of pyridine rings is 1. The lowest BCUT2D eigenvalue weighted by molar-refractivity contribution is -0.219. The minimum absolute atomic E-state index is 0.0209. The van der Waals surface area contributed by atoms with Crippen LogP contribution in [0, 0.1) is 11.8 Å². The van der Waals surface area contributed by atoms with E-state index in [1.54, 1.807) is 13.3 Å².